The van der Waals surface area contributed by atoms with Crippen molar-refractivity contribution >= 4 is 27.7 Å². The first kappa shape index (κ1) is 14.4. The molecule has 2 rings (SSSR count). The summed E-state index contributed by atoms with van der Waals surface area (Å²) in [6.07, 6.45) is 1.33. The summed E-state index contributed by atoms with van der Waals surface area (Å²) in [4.78, 5) is 2.48. The molecule has 18 heavy (non-hydrogen) atoms. The summed E-state index contributed by atoms with van der Waals surface area (Å²) in [6.45, 7) is 1.96. The molecule has 1 saturated heterocycles. The largest absolute Gasteiger partial charge is 0.316 e. The molecule has 1 fully saturated rings. The Morgan fingerprint density at radius 1 is 1.50 bits per heavy atom. The maximum atomic E-state index is 3.69. The molecule has 1 aliphatic rings. The lowest BCUT2D eigenvalue weighted by atomic mass is 10.1. The first-order valence-corrected chi connectivity index (χ1v) is 8.35. The van der Waals surface area contributed by atoms with Crippen LogP contribution in [0.5, 0.6) is 0 Å². The van der Waals surface area contributed by atoms with Crippen molar-refractivity contribution in [1.29, 1.82) is 0 Å². The lowest BCUT2D eigenvalue weighted by molar-refractivity contribution is 0.254. The fourth-order valence-corrected chi connectivity index (χ4v) is 4.15. The summed E-state index contributed by atoms with van der Waals surface area (Å²) in [6, 6.07) is 7.44. The van der Waals surface area contributed by atoms with E-state index in [0.29, 0.717) is 0 Å². The highest BCUT2D eigenvalue weighted by Crippen LogP contribution is 2.25. The molecule has 2 nitrogen and oxygen atoms in total. The average molecular weight is 329 g/mol. The van der Waals surface area contributed by atoms with Crippen LogP contribution >= 0.6 is 27.7 Å². The number of hydrogen-bond acceptors (Lipinski definition) is 3. The number of benzene rings is 1. The summed E-state index contributed by atoms with van der Waals surface area (Å²) in [5.41, 5.74) is 2.71. The van der Waals surface area contributed by atoms with Gasteiger partial charge >= 0.3 is 0 Å². The van der Waals surface area contributed by atoms with Crippen molar-refractivity contribution in [3.05, 3.63) is 33.8 Å². The Balaban J connectivity index is 2.00. The van der Waals surface area contributed by atoms with Gasteiger partial charge in [0.05, 0.1) is 0 Å². The quantitative estimate of drug-likeness (QED) is 0.894. The van der Waals surface area contributed by atoms with E-state index in [0.717, 1.165) is 19.1 Å². The van der Waals surface area contributed by atoms with Crippen LogP contribution < -0.4 is 5.32 Å². The topological polar surface area (TPSA) is 15.3 Å². The van der Waals surface area contributed by atoms with Crippen LogP contribution in [0.4, 0.5) is 0 Å². The second kappa shape index (κ2) is 6.94. The van der Waals surface area contributed by atoms with Crippen LogP contribution in [0.15, 0.2) is 22.7 Å². The molecule has 1 unspecified atom stereocenters. The Bertz CT molecular complexity index is 391. The third kappa shape index (κ3) is 3.73. The predicted octanol–water partition coefficient (Wildman–Crippen LogP) is 3.11. The minimum atomic E-state index is 0.749. The molecule has 0 bridgehead atoms. The van der Waals surface area contributed by atoms with Gasteiger partial charge in [0.15, 0.2) is 0 Å². The minimum absolute atomic E-state index is 0.749. The molecule has 100 valence electrons. The van der Waals surface area contributed by atoms with Crippen molar-refractivity contribution in [2.45, 2.75) is 25.6 Å². The van der Waals surface area contributed by atoms with Gasteiger partial charge in [0.1, 0.15) is 0 Å². The van der Waals surface area contributed by atoms with Crippen LogP contribution in [0.2, 0.25) is 0 Å². The van der Waals surface area contributed by atoms with Crippen LogP contribution in [-0.4, -0.2) is 36.5 Å². The third-order valence-corrected chi connectivity index (χ3v) is 5.33. The Kier molecular flexibility index (Phi) is 5.55. The Morgan fingerprint density at radius 3 is 2.94 bits per heavy atom. The fourth-order valence-electron chi connectivity index (χ4n) is 2.30. The maximum Gasteiger partial charge on any atom is 0.0245 e. The highest BCUT2D eigenvalue weighted by molar-refractivity contribution is 9.10. The molecule has 0 spiro atoms. The average Bonchev–Trinajstić information content (AvgIpc) is 2.86. The molecule has 1 aliphatic heterocycles. The molecule has 0 aromatic heterocycles. The van der Waals surface area contributed by atoms with Gasteiger partial charge in [-0.1, -0.05) is 28.1 Å². The summed E-state index contributed by atoms with van der Waals surface area (Å²) in [5.74, 6) is 2.60. The van der Waals surface area contributed by atoms with E-state index in [1.54, 1.807) is 0 Å². The number of rotatable bonds is 5. The zero-order valence-corrected chi connectivity index (χ0v) is 13.5. The fraction of sp³-hybridized carbons (Fsp3) is 0.571. The van der Waals surface area contributed by atoms with Crippen molar-refractivity contribution in [1.82, 2.24) is 10.2 Å². The molecular formula is C14H21BrN2S. The lowest BCUT2D eigenvalue weighted by Crippen LogP contribution is -2.31. The minimum Gasteiger partial charge on any atom is -0.316 e. The number of nitrogens with zero attached hydrogens (tertiary/aromatic N) is 1. The van der Waals surface area contributed by atoms with Crippen LogP contribution in [0.1, 0.15) is 17.5 Å². The van der Waals surface area contributed by atoms with Crippen molar-refractivity contribution < 1.29 is 0 Å². The van der Waals surface area contributed by atoms with Gasteiger partial charge in [0.2, 0.25) is 0 Å². The molecule has 1 aromatic carbocycles. The molecule has 4 heteroatoms. The van der Waals surface area contributed by atoms with Crippen molar-refractivity contribution in [3.8, 4) is 0 Å². The normalized spacial score (nSPS) is 19.7. The molecule has 1 heterocycles. The summed E-state index contributed by atoms with van der Waals surface area (Å²) in [5, 5.41) is 3.18. The number of thioether (sulfide) groups is 1. The second-order valence-corrected chi connectivity index (χ2v) is 6.89. The van der Waals surface area contributed by atoms with Gasteiger partial charge in [-0.05, 0) is 43.5 Å². The maximum absolute atomic E-state index is 3.69. The van der Waals surface area contributed by atoms with Crippen LogP contribution in [0, 0.1) is 0 Å². The van der Waals surface area contributed by atoms with Crippen molar-refractivity contribution in [2.75, 3.05) is 25.6 Å². The number of hydrogen-bond donors (Lipinski definition) is 1. The molecule has 0 aliphatic carbocycles. The van der Waals surface area contributed by atoms with E-state index in [1.807, 2.05) is 7.05 Å². The van der Waals surface area contributed by atoms with E-state index in [2.05, 4.69) is 63.2 Å². The second-order valence-electron chi connectivity index (χ2n) is 4.89. The van der Waals surface area contributed by atoms with Gasteiger partial charge in [-0.25, -0.2) is 0 Å². The van der Waals surface area contributed by atoms with Crippen LogP contribution in [0.3, 0.4) is 0 Å². The summed E-state index contributed by atoms with van der Waals surface area (Å²) in [7, 11) is 4.22. The van der Waals surface area contributed by atoms with E-state index in [1.165, 1.54) is 33.5 Å². The number of nitrogens with one attached hydrogen (secondary N) is 1. The number of halogens is 1. The van der Waals surface area contributed by atoms with Gasteiger partial charge in [-0.2, -0.15) is 11.8 Å². The monoisotopic (exact) mass is 328 g/mol. The van der Waals surface area contributed by atoms with Crippen molar-refractivity contribution in [2.24, 2.45) is 0 Å². The van der Waals surface area contributed by atoms with Crippen molar-refractivity contribution in [3.63, 3.8) is 0 Å². The first-order valence-electron chi connectivity index (χ1n) is 6.40. The SMILES string of the molecule is CNCc1ccc(CN(C)C2CCSC2)c(Br)c1. The zero-order chi connectivity index (χ0) is 13.0. The Hall–Kier alpha value is -0.0300. The van der Waals surface area contributed by atoms with E-state index in [-0.39, 0.29) is 0 Å². The third-order valence-electron chi connectivity index (χ3n) is 3.45. The van der Waals surface area contributed by atoms with Gasteiger partial charge in [-0.15, -0.1) is 0 Å². The standard InChI is InChI=1S/C14H21BrN2S/c1-16-8-11-3-4-12(14(15)7-11)9-17(2)13-5-6-18-10-13/h3-4,7,13,16H,5-6,8-10H2,1-2H3. The molecule has 0 amide bonds. The highest BCUT2D eigenvalue weighted by atomic mass is 79.9. The van der Waals surface area contributed by atoms with E-state index < -0.39 is 0 Å². The molecule has 1 aromatic rings. The predicted molar refractivity (Wildman–Crippen MR) is 84.1 cm³/mol. The van der Waals surface area contributed by atoms with Gasteiger partial charge in [-0.3, -0.25) is 4.90 Å². The van der Waals surface area contributed by atoms with Gasteiger partial charge < -0.3 is 5.32 Å². The first-order chi connectivity index (χ1) is 8.70. The Labute approximate surface area is 123 Å². The molecule has 1 atom stereocenters. The molecule has 0 radical (unpaired) electrons. The van der Waals surface area contributed by atoms with E-state index >= 15 is 0 Å². The molecule has 1 N–H and O–H groups in total. The molecule has 0 saturated carbocycles. The zero-order valence-electron chi connectivity index (χ0n) is 11.1. The lowest BCUT2D eigenvalue weighted by Gasteiger charge is -2.24. The van der Waals surface area contributed by atoms with Crippen LogP contribution in [0.25, 0.3) is 0 Å². The van der Waals surface area contributed by atoms with Crippen LogP contribution in [-0.2, 0) is 13.1 Å². The van der Waals surface area contributed by atoms with E-state index in [9.17, 15) is 0 Å². The smallest absolute Gasteiger partial charge is 0.0245 e. The van der Waals surface area contributed by atoms with Gasteiger partial charge in [0, 0.05) is 29.4 Å². The Morgan fingerprint density at radius 2 is 2.33 bits per heavy atom. The van der Waals surface area contributed by atoms with E-state index in [4.69, 9.17) is 0 Å². The highest BCUT2D eigenvalue weighted by Gasteiger charge is 2.20. The summed E-state index contributed by atoms with van der Waals surface area (Å²) >= 11 is 5.77. The van der Waals surface area contributed by atoms with Gasteiger partial charge in [0.25, 0.3) is 0 Å². The molecular weight excluding hydrogens is 308 g/mol. The summed E-state index contributed by atoms with van der Waals surface area (Å²) < 4.78 is 1.23.